The Morgan fingerprint density at radius 2 is 1.66 bits per heavy atom. The van der Waals surface area contributed by atoms with E-state index in [9.17, 15) is 37.9 Å². The molecule has 0 radical (unpaired) electrons. The third-order valence-electron chi connectivity index (χ3n) is 5.90. The van der Waals surface area contributed by atoms with E-state index >= 15 is 0 Å². The number of amides is 3. The van der Waals surface area contributed by atoms with E-state index in [2.05, 4.69) is 20.9 Å². The second-order valence-corrected chi connectivity index (χ2v) is 12.0. The summed E-state index contributed by atoms with van der Waals surface area (Å²) >= 11 is 2.35. The van der Waals surface area contributed by atoms with Crippen LogP contribution in [-0.2, 0) is 41.0 Å². The number of aromatic hydroxyl groups is 1. The van der Waals surface area contributed by atoms with Gasteiger partial charge in [-0.05, 0) is 29.8 Å². The molecule has 0 aliphatic carbocycles. The van der Waals surface area contributed by atoms with Crippen molar-refractivity contribution in [2.45, 2.75) is 25.6 Å². The number of nitrogens with one attached hydrogen (secondary N) is 2. The summed E-state index contributed by atoms with van der Waals surface area (Å²) in [5.74, 6) is -3.17. The second-order valence-electron chi connectivity index (χ2n) is 8.86. The van der Waals surface area contributed by atoms with Crippen molar-refractivity contribution >= 4 is 62.1 Å². The largest absolute Gasteiger partial charge is 0.503 e. The Labute approximate surface area is 256 Å². The van der Waals surface area contributed by atoms with Crippen molar-refractivity contribution in [1.29, 1.82) is 0 Å². The minimum absolute atomic E-state index is 0.0359. The van der Waals surface area contributed by atoms with Gasteiger partial charge in [0.1, 0.15) is 18.3 Å². The molecular formula is C24H24N6O11S3. The maximum Gasteiger partial charge on any atom is 0.362 e. The predicted octanol–water partition coefficient (Wildman–Crippen LogP) is -0.109. The van der Waals surface area contributed by atoms with E-state index in [0.717, 1.165) is 23.6 Å². The molecule has 3 aromatic rings. The minimum Gasteiger partial charge on any atom is -0.503 e. The number of carbonyl (C=O) groups excluding carboxylic acids is 3. The molecular weight excluding hydrogens is 644 g/mol. The van der Waals surface area contributed by atoms with Crippen LogP contribution in [0.4, 0.5) is 0 Å². The maximum atomic E-state index is 12.9. The summed E-state index contributed by atoms with van der Waals surface area (Å²) in [7, 11) is -4.77. The van der Waals surface area contributed by atoms with Crippen LogP contribution in [0, 0.1) is 0 Å². The normalized spacial score (nSPS) is 17.1. The molecule has 0 saturated carbocycles. The van der Waals surface area contributed by atoms with Crippen LogP contribution in [0.1, 0.15) is 22.4 Å². The monoisotopic (exact) mass is 668 g/mol. The average Bonchev–Trinajstić information content (AvgIpc) is 3.69. The van der Waals surface area contributed by atoms with Gasteiger partial charge in [0.15, 0.2) is 23.8 Å². The molecule has 1 saturated heterocycles. The van der Waals surface area contributed by atoms with Gasteiger partial charge in [-0.15, -0.1) is 22.7 Å². The molecule has 4 rings (SSSR count). The van der Waals surface area contributed by atoms with Crippen molar-refractivity contribution in [3.05, 3.63) is 73.0 Å². The Bertz CT molecular complexity index is 1750. The number of rotatable bonds is 13. The number of aromatic nitrogens is 1. The number of pyridine rings is 1. The first-order valence-corrected chi connectivity index (χ1v) is 15.5. The number of thiophene rings is 2. The van der Waals surface area contributed by atoms with Crippen molar-refractivity contribution in [2.75, 3.05) is 13.2 Å². The smallest absolute Gasteiger partial charge is 0.362 e. The van der Waals surface area contributed by atoms with Crippen LogP contribution in [0.3, 0.4) is 0 Å². The highest BCUT2D eigenvalue weighted by Crippen LogP contribution is 2.23. The highest BCUT2D eigenvalue weighted by atomic mass is 32.2. The summed E-state index contributed by atoms with van der Waals surface area (Å²) in [5, 5.41) is 35.2. The summed E-state index contributed by atoms with van der Waals surface area (Å²) in [6.07, 6.45) is 0.790. The standard InChI is InChI=1S/C24H24N6O11S3/c1-13-19(24(35)30(13)44(37,38)39)26-23(34)21(18-5-3-9-43-18)27-40-7-6-25-22(33)20(17-4-2-8-42-17)28-41-12-14-10-15(31)16(32)11-29(14)36/h2-5,8-11,13,19,32,36H,6-7,12H2,1H3,(H,25,33)(H,26,34)(H,37,38,39)/b27-21+,28-20+/t13-,19-/m0/s1. The molecule has 0 unspecified atom stereocenters. The summed E-state index contributed by atoms with van der Waals surface area (Å²) in [5.41, 5.74) is -1.11. The number of oxime groups is 2. The van der Waals surface area contributed by atoms with Gasteiger partial charge in [0.25, 0.3) is 17.7 Å². The van der Waals surface area contributed by atoms with Crippen molar-refractivity contribution < 1.29 is 47.3 Å². The van der Waals surface area contributed by atoms with Crippen LogP contribution in [0.5, 0.6) is 5.75 Å². The number of β-lactam (4-membered cyclic amide) rings is 1. The van der Waals surface area contributed by atoms with Crippen molar-refractivity contribution in [3.8, 4) is 5.75 Å². The molecule has 1 aliphatic heterocycles. The van der Waals surface area contributed by atoms with E-state index in [-0.39, 0.29) is 34.6 Å². The Morgan fingerprint density at radius 3 is 2.23 bits per heavy atom. The molecule has 5 N–H and O–H groups in total. The zero-order chi connectivity index (χ0) is 32.0. The van der Waals surface area contributed by atoms with Crippen LogP contribution in [0.25, 0.3) is 0 Å². The zero-order valence-corrected chi connectivity index (χ0v) is 25.0. The molecule has 3 aromatic heterocycles. The molecule has 20 heteroatoms. The lowest BCUT2D eigenvalue weighted by Gasteiger charge is -2.42. The topological polar surface area (TPSA) is 239 Å². The van der Waals surface area contributed by atoms with E-state index in [1.54, 1.807) is 35.0 Å². The zero-order valence-electron chi connectivity index (χ0n) is 22.5. The van der Waals surface area contributed by atoms with E-state index < -0.39 is 57.9 Å². The van der Waals surface area contributed by atoms with Gasteiger partial charge in [0.2, 0.25) is 5.43 Å². The van der Waals surface area contributed by atoms with Crippen LogP contribution in [0.2, 0.25) is 0 Å². The minimum atomic E-state index is -4.77. The molecule has 0 spiro atoms. The van der Waals surface area contributed by atoms with Gasteiger partial charge in [0.05, 0.1) is 28.5 Å². The van der Waals surface area contributed by atoms with Crippen LogP contribution < -0.4 is 16.1 Å². The molecule has 2 atom stereocenters. The molecule has 4 heterocycles. The molecule has 1 aliphatic rings. The van der Waals surface area contributed by atoms with Gasteiger partial charge >= 0.3 is 10.3 Å². The fourth-order valence-corrected chi connectivity index (χ4v) is 6.05. The highest BCUT2D eigenvalue weighted by molar-refractivity contribution is 7.84. The summed E-state index contributed by atoms with van der Waals surface area (Å²) in [6.45, 7) is 0.630. The lowest BCUT2D eigenvalue weighted by Crippen LogP contribution is -2.71. The fourth-order valence-electron chi connectivity index (χ4n) is 3.77. The number of nitrogens with zero attached hydrogens (tertiary/aromatic N) is 4. The average molecular weight is 669 g/mol. The first-order valence-electron chi connectivity index (χ1n) is 12.4. The summed E-state index contributed by atoms with van der Waals surface area (Å²) in [4.78, 5) is 60.8. The maximum absolute atomic E-state index is 12.9. The Hall–Kier alpha value is -4.79. The van der Waals surface area contributed by atoms with Gasteiger partial charge in [-0.1, -0.05) is 22.4 Å². The van der Waals surface area contributed by atoms with Crippen molar-refractivity contribution in [3.63, 3.8) is 0 Å². The highest BCUT2D eigenvalue weighted by Gasteiger charge is 2.51. The van der Waals surface area contributed by atoms with E-state index in [4.69, 9.17) is 14.2 Å². The van der Waals surface area contributed by atoms with Crippen molar-refractivity contribution in [2.24, 2.45) is 10.3 Å². The predicted molar refractivity (Wildman–Crippen MR) is 155 cm³/mol. The summed E-state index contributed by atoms with van der Waals surface area (Å²) in [6, 6.07) is 5.21. The molecule has 0 aromatic carbocycles. The molecule has 3 amide bonds. The van der Waals surface area contributed by atoms with Gasteiger partial charge in [-0.25, -0.2) is 4.31 Å². The Balaban J connectivity index is 1.35. The Kier molecular flexibility index (Phi) is 9.98. The lowest BCUT2D eigenvalue weighted by molar-refractivity contribution is -0.143. The quantitative estimate of drug-likeness (QED) is 0.0402. The van der Waals surface area contributed by atoms with Crippen LogP contribution >= 0.6 is 22.7 Å². The number of hydrogen-bond donors (Lipinski definition) is 5. The van der Waals surface area contributed by atoms with Gasteiger partial charge in [0, 0.05) is 6.07 Å². The summed E-state index contributed by atoms with van der Waals surface area (Å²) < 4.78 is 32.5. The third kappa shape index (κ3) is 7.40. The fraction of sp³-hybridized carbons (Fsp3) is 0.250. The van der Waals surface area contributed by atoms with Crippen LogP contribution in [0.15, 0.2) is 62.4 Å². The molecule has 17 nitrogen and oxygen atoms in total. The third-order valence-corrected chi connectivity index (χ3v) is 8.66. The first kappa shape index (κ1) is 32.1. The lowest BCUT2D eigenvalue weighted by atomic mass is 10.0. The van der Waals surface area contributed by atoms with Gasteiger partial charge in [-0.3, -0.25) is 23.7 Å². The van der Waals surface area contributed by atoms with E-state index in [1.807, 2.05) is 0 Å². The molecule has 44 heavy (non-hydrogen) atoms. The second kappa shape index (κ2) is 13.7. The first-order chi connectivity index (χ1) is 20.9. The number of carbonyl (C=O) groups is 3. The van der Waals surface area contributed by atoms with E-state index in [1.165, 1.54) is 18.3 Å². The van der Waals surface area contributed by atoms with Gasteiger partial charge < -0.3 is 30.6 Å². The SMILES string of the molecule is C[C@H]1[C@H](NC(=O)/C(=N/OCCNC(=O)/C(=N/OCc2cc(=O)c(O)cn2O)c2cccs2)c2cccs2)C(=O)N1S(=O)(=O)O. The number of hydrogen-bond acceptors (Lipinski definition) is 14. The molecule has 0 bridgehead atoms. The van der Waals surface area contributed by atoms with Crippen LogP contribution in [-0.4, -0.2) is 86.7 Å². The Morgan fingerprint density at radius 1 is 1.05 bits per heavy atom. The molecule has 234 valence electrons. The van der Waals surface area contributed by atoms with Crippen molar-refractivity contribution in [1.82, 2.24) is 19.7 Å². The van der Waals surface area contributed by atoms with E-state index in [0.29, 0.717) is 14.5 Å². The molecule has 1 fully saturated rings. The van der Waals surface area contributed by atoms with Gasteiger partial charge in [-0.2, -0.15) is 13.1 Å².